The van der Waals surface area contributed by atoms with Gasteiger partial charge in [0, 0.05) is 3.57 Å². The SMILES string of the molecule is CC(C)c1ccc([S+](c2ccccc2)c2ccc(I)cc2)cc1. The molecule has 0 spiro atoms. The Kier molecular flexibility index (Phi) is 5.44. The molecule has 0 radical (unpaired) electrons. The van der Waals surface area contributed by atoms with E-state index < -0.39 is 0 Å². The van der Waals surface area contributed by atoms with Crippen LogP contribution in [0.5, 0.6) is 0 Å². The molecule has 0 aliphatic heterocycles. The fraction of sp³-hybridized carbons (Fsp3) is 0.143. The quantitative estimate of drug-likeness (QED) is 0.326. The maximum Gasteiger partial charge on any atom is 0.166 e. The molecule has 0 saturated heterocycles. The van der Waals surface area contributed by atoms with Gasteiger partial charge in [-0.15, -0.1) is 0 Å². The van der Waals surface area contributed by atoms with Gasteiger partial charge in [0.25, 0.3) is 0 Å². The van der Waals surface area contributed by atoms with Gasteiger partial charge >= 0.3 is 0 Å². The number of hydrogen-bond donors (Lipinski definition) is 0. The molecule has 0 bridgehead atoms. The molecular formula is C21H20IS+. The van der Waals surface area contributed by atoms with Gasteiger partial charge in [-0.25, -0.2) is 0 Å². The van der Waals surface area contributed by atoms with Gasteiger partial charge in [0.15, 0.2) is 14.7 Å². The van der Waals surface area contributed by atoms with E-state index in [0.29, 0.717) is 5.92 Å². The van der Waals surface area contributed by atoms with E-state index in [9.17, 15) is 0 Å². The minimum atomic E-state index is -0.0477. The van der Waals surface area contributed by atoms with E-state index in [0.717, 1.165) is 0 Å². The maximum absolute atomic E-state index is 2.36. The van der Waals surface area contributed by atoms with Crippen LogP contribution in [0.4, 0.5) is 0 Å². The Hall–Kier alpha value is -1.26. The van der Waals surface area contributed by atoms with Gasteiger partial charge in [-0.3, -0.25) is 0 Å². The molecule has 0 aliphatic carbocycles. The first kappa shape index (κ1) is 16.6. The van der Waals surface area contributed by atoms with Crippen LogP contribution in [0.2, 0.25) is 0 Å². The van der Waals surface area contributed by atoms with Gasteiger partial charge < -0.3 is 0 Å². The summed E-state index contributed by atoms with van der Waals surface area (Å²) >= 11 is 2.36. The van der Waals surface area contributed by atoms with E-state index in [4.69, 9.17) is 0 Å². The second-order valence-corrected chi connectivity index (χ2v) is 9.07. The molecule has 0 aliphatic rings. The Morgan fingerprint density at radius 3 is 1.65 bits per heavy atom. The van der Waals surface area contributed by atoms with Crippen molar-refractivity contribution in [3.63, 3.8) is 0 Å². The van der Waals surface area contributed by atoms with Crippen molar-refractivity contribution in [2.75, 3.05) is 0 Å². The van der Waals surface area contributed by atoms with Gasteiger partial charge in [-0.1, -0.05) is 44.2 Å². The lowest BCUT2D eigenvalue weighted by molar-refractivity contribution is 0.864. The van der Waals surface area contributed by atoms with Crippen LogP contribution < -0.4 is 0 Å². The van der Waals surface area contributed by atoms with Gasteiger partial charge in [0.1, 0.15) is 0 Å². The minimum absolute atomic E-state index is 0.0477. The van der Waals surface area contributed by atoms with Crippen LogP contribution in [-0.2, 0) is 10.9 Å². The first-order chi connectivity index (χ1) is 11.1. The predicted octanol–water partition coefficient (Wildman–Crippen LogP) is 6.51. The molecule has 3 rings (SSSR count). The third-order valence-electron chi connectivity index (χ3n) is 3.81. The van der Waals surface area contributed by atoms with Gasteiger partial charge in [-0.05, 0) is 82.6 Å². The molecule has 0 nitrogen and oxygen atoms in total. The molecule has 2 heteroatoms. The second-order valence-electron chi connectivity index (χ2n) is 5.80. The van der Waals surface area contributed by atoms with E-state index in [-0.39, 0.29) is 10.9 Å². The zero-order valence-electron chi connectivity index (χ0n) is 13.4. The average molecular weight is 431 g/mol. The summed E-state index contributed by atoms with van der Waals surface area (Å²) in [6.45, 7) is 4.48. The topological polar surface area (TPSA) is 0 Å². The van der Waals surface area contributed by atoms with Crippen molar-refractivity contribution in [3.05, 3.63) is 88.0 Å². The van der Waals surface area contributed by atoms with Crippen molar-refractivity contribution in [2.24, 2.45) is 0 Å². The highest BCUT2D eigenvalue weighted by molar-refractivity contribution is 14.1. The molecule has 3 aromatic carbocycles. The van der Waals surface area contributed by atoms with Gasteiger partial charge in [0.2, 0.25) is 0 Å². The zero-order chi connectivity index (χ0) is 16.2. The Balaban J connectivity index is 2.06. The van der Waals surface area contributed by atoms with Crippen molar-refractivity contribution in [3.8, 4) is 0 Å². The fourth-order valence-corrected chi connectivity index (χ4v) is 4.95. The lowest BCUT2D eigenvalue weighted by Gasteiger charge is -2.10. The monoisotopic (exact) mass is 431 g/mol. The molecule has 0 N–H and O–H groups in total. The molecule has 0 heterocycles. The minimum Gasteiger partial charge on any atom is -0.0619 e. The molecule has 1 atom stereocenters. The van der Waals surface area contributed by atoms with Crippen molar-refractivity contribution in [1.29, 1.82) is 0 Å². The highest BCUT2D eigenvalue weighted by atomic mass is 127. The summed E-state index contributed by atoms with van der Waals surface area (Å²) in [5.74, 6) is 0.570. The smallest absolute Gasteiger partial charge is 0.0619 e. The number of hydrogen-bond acceptors (Lipinski definition) is 0. The average Bonchev–Trinajstić information content (AvgIpc) is 2.58. The van der Waals surface area contributed by atoms with Crippen LogP contribution >= 0.6 is 22.6 Å². The van der Waals surface area contributed by atoms with E-state index >= 15 is 0 Å². The second kappa shape index (κ2) is 7.54. The Morgan fingerprint density at radius 2 is 1.13 bits per heavy atom. The summed E-state index contributed by atoms with van der Waals surface area (Å²) in [6.07, 6.45) is 0. The molecule has 0 amide bonds. The van der Waals surface area contributed by atoms with E-state index in [1.807, 2.05) is 0 Å². The number of benzene rings is 3. The summed E-state index contributed by atoms with van der Waals surface area (Å²) < 4.78 is 1.28. The Morgan fingerprint density at radius 1 is 0.652 bits per heavy atom. The molecule has 3 aromatic rings. The van der Waals surface area contributed by atoms with Gasteiger partial charge in [0.05, 0.1) is 10.9 Å². The normalized spacial score (nSPS) is 12.3. The van der Waals surface area contributed by atoms with E-state index in [1.54, 1.807) is 0 Å². The Bertz CT molecular complexity index is 746. The first-order valence-corrected chi connectivity index (χ1v) is 10.1. The molecule has 0 fully saturated rings. The standard InChI is InChI=1S/C21H20IS/c1-16(2)17-8-12-20(13-9-17)23(19-6-4-3-5-7-19)21-14-10-18(22)11-15-21/h3-16H,1-2H3/q+1. The van der Waals surface area contributed by atoms with Crippen LogP contribution in [0.15, 0.2) is 93.5 Å². The molecule has 0 aromatic heterocycles. The van der Waals surface area contributed by atoms with Crippen molar-refractivity contribution in [1.82, 2.24) is 0 Å². The van der Waals surface area contributed by atoms with Crippen molar-refractivity contribution < 1.29 is 0 Å². The summed E-state index contributed by atoms with van der Waals surface area (Å²) in [5.41, 5.74) is 1.40. The summed E-state index contributed by atoms with van der Waals surface area (Å²) in [7, 11) is -0.0477. The van der Waals surface area contributed by atoms with Crippen LogP contribution in [0.25, 0.3) is 0 Å². The number of rotatable bonds is 4. The first-order valence-electron chi connectivity index (χ1n) is 7.80. The molecule has 1 unspecified atom stereocenters. The van der Waals surface area contributed by atoms with Crippen molar-refractivity contribution >= 4 is 33.5 Å². The van der Waals surface area contributed by atoms with Crippen LogP contribution in [-0.4, -0.2) is 0 Å². The highest BCUT2D eigenvalue weighted by Gasteiger charge is 2.28. The lowest BCUT2D eigenvalue weighted by Crippen LogP contribution is -2.05. The third kappa shape index (κ3) is 3.99. The Labute approximate surface area is 155 Å². The predicted molar refractivity (Wildman–Crippen MR) is 108 cm³/mol. The summed E-state index contributed by atoms with van der Waals surface area (Å²) in [4.78, 5) is 4.11. The van der Waals surface area contributed by atoms with Crippen molar-refractivity contribution in [2.45, 2.75) is 34.5 Å². The highest BCUT2D eigenvalue weighted by Crippen LogP contribution is 2.32. The largest absolute Gasteiger partial charge is 0.166 e. The van der Waals surface area contributed by atoms with Crippen LogP contribution in [0.1, 0.15) is 25.3 Å². The van der Waals surface area contributed by atoms with Crippen LogP contribution in [0, 0.1) is 3.57 Å². The summed E-state index contributed by atoms with van der Waals surface area (Å²) in [6, 6.07) is 28.9. The number of halogens is 1. The van der Waals surface area contributed by atoms with Crippen LogP contribution in [0.3, 0.4) is 0 Å². The fourth-order valence-electron chi connectivity index (χ4n) is 2.52. The molecule has 0 saturated carbocycles. The third-order valence-corrected chi connectivity index (χ3v) is 6.76. The molecule has 23 heavy (non-hydrogen) atoms. The zero-order valence-corrected chi connectivity index (χ0v) is 16.3. The van der Waals surface area contributed by atoms with E-state index in [2.05, 4.69) is 115 Å². The lowest BCUT2D eigenvalue weighted by atomic mass is 10.0. The maximum atomic E-state index is 2.36. The summed E-state index contributed by atoms with van der Waals surface area (Å²) in [5, 5.41) is 0. The molecular weight excluding hydrogens is 411 g/mol. The van der Waals surface area contributed by atoms with Gasteiger partial charge in [-0.2, -0.15) is 0 Å². The van der Waals surface area contributed by atoms with E-state index in [1.165, 1.54) is 23.8 Å². The molecule has 116 valence electrons.